The summed E-state index contributed by atoms with van der Waals surface area (Å²) in [5.41, 5.74) is 1.46. The number of aliphatic hydroxyl groups is 2. The minimum atomic E-state index is -0.617. The predicted molar refractivity (Wildman–Crippen MR) is 76.1 cm³/mol. The molecule has 106 valence electrons. The van der Waals surface area contributed by atoms with Crippen LogP contribution in [0.4, 0.5) is 0 Å². The SMILES string of the molecule is COc1cc(CO)ccc1Oc1ccccc1[C@@H](C)O. The number of hydrogen-bond acceptors (Lipinski definition) is 4. The summed E-state index contributed by atoms with van der Waals surface area (Å²) in [6, 6.07) is 12.5. The Balaban J connectivity index is 2.35. The van der Waals surface area contributed by atoms with Gasteiger partial charge in [0.25, 0.3) is 0 Å². The summed E-state index contributed by atoms with van der Waals surface area (Å²) in [6.45, 7) is 1.63. The zero-order valence-corrected chi connectivity index (χ0v) is 11.5. The van der Waals surface area contributed by atoms with Crippen molar-refractivity contribution in [2.75, 3.05) is 7.11 Å². The van der Waals surface area contributed by atoms with Gasteiger partial charge in [0, 0.05) is 5.56 Å². The molecule has 4 heteroatoms. The van der Waals surface area contributed by atoms with E-state index in [1.165, 1.54) is 0 Å². The van der Waals surface area contributed by atoms with Gasteiger partial charge in [-0.1, -0.05) is 24.3 Å². The first-order valence-corrected chi connectivity index (χ1v) is 6.38. The highest BCUT2D eigenvalue weighted by Gasteiger charge is 2.12. The minimum Gasteiger partial charge on any atom is -0.493 e. The summed E-state index contributed by atoms with van der Waals surface area (Å²) >= 11 is 0. The Morgan fingerprint density at radius 1 is 1.05 bits per heavy atom. The molecule has 20 heavy (non-hydrogen) atoms. The highest BCUT2D eigenvalue weighted by Crippen LogP contribution is 2.35. The standard InChI is InChI=1S/C16H18O4/c1-11(18)13-5-3-4-6-14(13)20-15-8-7-12(10-17)9-16(15)19-2/h3-9,11,17-18H,10H2,1-2H3/t11-/m1/s1. The molecule has 2 aromatic carbocycles. The van der Waals surface area contributed by atoms with Crippen molar-refractivity contribution in [1.82, 2.24) is 0 Å². The van der Waals surface area contributed by atoms with Crippen LogP contribution in [-0.4, -0.2) is 17.3 Å². The molecule has 0 radical (unpaired) electrons. The van der Waals surface area contributed by atoms with E-state index in [9.17, 15) is 5.11 Å². The van der Waals surface area contributed by atoms with Crippen LogP contribution in [0, 0.1) is 0 Å². The molecule has 2 rings (SSSR count). The van der Waals surface area contributed by atoms with E-state index >= 15 is 0 Å². The molecule has 0 spiro atoms. The minimum absolute atomic E-state index is 0.0547. The lowest BCUT2D eigenvalue weighted by Crippen LogP contribution is -1.97. The number of para-hydroxylation sites is 1. The first-order valence-electron chi connectivity index (χ1n) is 6.38. The van der Waals surface area contributed by atoms with Gasteiger partial charge in [0.05, 0.1) is 19.8 Å². The fourth-order valence-corrected chi connectivity index (χ4v) is 1.93. The van der Waals surface area contributed by atoms with Crippen LogP contribution in [-0.2, 0) is 6.61 Å². The van der Waals surface area contributed by atoms with Crippen molar-refractivity contribution in [3.05, 3.63) is 53.6 Å². The fourth-order valence-electron chi connectivity index (χ4n) is 1.93. The van der Waals surface area contributed by atoms with Crippen LogP contribution in [0.5, 0.6) is 17.2 Å². The number of aliphatic hydroxyl groups excluding tert-OH is 2. The van der Waals surface area contributed by atoms with Crippen molar-refractivity contribution in [3.8, 4) is 17.2 Å². The van der Waals surface area contributed by atoms with Gasteiger partial charge in [-0.15, -0.1) is 0 Å². The van der Waals surface area contributed by atoms with E-state index < -0.39 is 6.10 Å². The molecule has 0 fully saturated rings. The smallest absolute Gasteiger partial charge is 0.169 e. The van der Waals surface area contributed by atoms with Gasteiger partial charge in [-0.25, -0.2) is 0 Å². The zero-order chi connectivity index (χ0) is 14.5. The highest BCUT2D eigenvalue weighted by molar-refractivity contribution is 5.47. The van der Waals surface area contributed by atoms with Crippen LogP contribution in [0.3, 0.4) is 0 Å². The van der Waals surface area contributed by atoms with E-state index in [0.717, 1.165) is 5.56 Å². The van der Waals surface area contributed by atoms with E-state index in [-0.39, 0.29) is 6.61 Å². The van der Waals surface area contributed by atoms with E-state index in [1.54, 1.807) is 38.3 Å². The molecule has 0 aliphatic rings. The molecule has 0 amide bonds. The van der Waals surface area contributed by atoms with Crippen LogP contribution in [0.15, 0.2) is 42.5 Å². The molecule has 2 aromatic rings. The largest absolute Gasteiger partial charge is 0.493 e. The molecule has 0 aliphatic carbocycles. The van der Waals surface area contributed by atoms with E-state index in [4.69, 9.17) is 14.6 Å². The molecule has 0 heterocycles. The third-order valence-electron chi connectivity index (χ3n) is 3.00. The third-order valence-corrected chi connectivity index (χ3v) is 3.00. The third kappa shape index (κ3) is 3.10. The molecule has 4 nitrogen and oxygen atoms in total. The quantitative estimate of drug-likeness (QED) is 0.880. The molecular weight excluding hydrogens is 256 g/mol. The van der Waals surface area contributed by atoms with Crippen LogP contribution < -0.4 is 9.47 Å². The topological polar surface area (TPSA) is 58.9 Å². The molecule has 2 N–H and O–H groups in total. The summed E-state index contributed by atoms with van der Waals surface area (Å²) in [4.78, 5) is 0. The fraction of sp³-hybridized carbons (Fsp3) is 0.250. The summed E-state index contributed by atoms with van der Waals surface area (Å²) in [5.74, 6) is 1.66. The molecule has 0 aliphatic heterocycles. The second kappa shape index (κ2) is 6.41. The first kappa shape index (κ1) is 14.4. The normalized spacial score (nSPS) is 12.0. The molecule has 0 unspecified atom stereocenters. The van der Waals surface area contributed by atoms with Crippen LogP contribution in [0.2, 0.25) is 0 Å². The molecule has 0 aromatic heterocycles. The van der Waals surface area contributed by atoms with E-state index in [2.05, 4.69) is 0 Å². The Hall–Kier alpha value is -2.04. The zero-order valence-electron chi connectivity index (χ0n) is 11.5. The Bertz CT molecular complexity index is 578. The van der Waals surface area contributed by atoms with Crippen LogP contribution >= 0.6 is 0 Å². The van der Waals surface area contributed by atoms with Gasteiger partial charge in [0.1, 0.15) is 5.75 Å². The average Bonchev–Trinajstić information content (AvgIpc) is 2.48. The van der Waals surface area contributed by atoms with Gasteiger partial charge in [-0.2, -0.15) is 0 Å². The van der Waals surface area contributed by atoms with Crippen molar-refractivity contribution in [3.63, 3.8) is 0 Å². The Morgan fingerprint density at radius 2 is 1.80 bits per heavy atom. The Labute approximate surface area is 118 Å². The predicted octanol–water partition coefficient (Wildman–Crippen LogP) is 3.03. The van der Waals surface area contributed by atoms with Crippen molar-refractivity contribution < 1.29 is 19.7 Å². The average molecular weight is 274 g/mol. The van der Waals surface area contributed by atoms with E-state index in [1.807, 2.05) is 18.2 Å². The lowest BCUT2D eigenvalue weighted by atomic mass is 10.1. The monoisotopic (exact) mass is 274 g/mol. The lowest BCUT2D eigenvalue weighted by molar-refractivity contribution is 0.195. The lowest BCUT2D eigenvalue weighted by Gasteiger charge is -2.15. The number of methoxy groups -OCH3 is 1. The maximum atomic E-state index is 9.75. The number of ether oxygens (including phenoxy) is 2. The molecule has 1 atom stereocenters. The van der Waals surface area contributed by atoms with Crippen LogP contribution in [0.1, 0.15) is 24.2 Å². The second-order valence-electron chi connectivity index (χ2n) is 4.46. The van der Waals surface area contributed by atoms with Crippen molar-refractivity contribution >= 4 is 0 Å². The number of rotatable bonds is 5. The molecule has 0 bridgehead atoms. The maximum absolute atomic E-state index is 9.75. The Kier molecular flexibility index (Phi) is 4.61. The summed E-state index contributed by atoms with van der Waals surface area (Å²) in [7, 11) is 1.55. The van der Waals surface area contributed by atoms with Crippen molar-refractivity contribution in [2.45, 2.75) is 19.6 Å². The number of benzene rings is 2. The first-order chi connectivity index (χ1) is 9.65. The van der Waals surface area contributed by atoms with Gasteiger partial charge in [0.2, 0.25) is 0 Å². The van der Waals surface area contributed by atoms with E-state index in [0.29, 0.717) is 22.8 Å². The summed E-state index contributed by atoms with van der Waals surface area (Å²) < 4.78 is 11.1. The van der Waals surface area contributed by atoms with Crippen molar-refractivity contribution in [1.29, 1.82) is 0 Å². The molecule has 0 saturated heterocycles. The summed E-state index contributed by atoms with van der Waals surface area (Å²) in [6.07, 6.45) is -0.617. The van der Waals surface area contributed by atoms with Gasteiger partial charge in [0.15, 0.2) is 11.5 Å². The highest BCUT2D eigenvalue weighted by atomic mass is 16.5. The van der Waals surface area contributed by atoms with Crippen molar-refractivity contribution in [2.24, 2.45) is 0 Å². The molecule has 0 saturated carbocycles. The van der Waals surface area contributed by atoms with Crippen LogP contribution in [0.25, 0.3) is 0 Å². The maximum Gasteiger partial charge on any atom is 0.169 e. The van der Waals surface area contributed by atoms with Gasteiger partial charge in [-0.05, 0) is 30.7 Å². The summed E-state index contributed by atoms with van der Waals surface area (Å²) in [5, 5.41) is 18.9. The molecular formula is C16H18O4. The van der Waals surface area contributed by atoms with Gasteiger partial charge in [-0.3, -0.25) is 0 Å². The van der Waals surface area contributed by atoms with Gasteiger partial charge < -0.3 is 19.7 Å². The number of hydrogen-bond donors (Lipinski definition) is 2. The second-order valence-corrected chi connectivity index (χ2v) is 4.46. The Morgan fingerprint density at radius 3 is 2.45 bits per heavy atom. The van der Waals surface area contributed by atoms with Gasteiger partial charge >= 0.3 is 0 Å².